The van der Waals surface area contributed by atoms with Crippen molar-refractivity contribution in [2.45, 2.75) is 18.9 Å². The summed E-state index contributed by atoms with van der Waals surface area (Å²) >= 11 is 4.90. The number of thiocarbonyl (C=S) groups is 1. The van der Waals surface area contributed by atoms with E-state index in [9.17, 15) is 9.90 Å². The first kappa shape index (κ1) is 13.0. The predicted molar refractivity (Wildman–Crippen MR) is 73.5 cm³/mol. The maximum Gasteiger partial charge on any atom is 0.253 e. The van der Waals surface area contributed by atoms with E-state index in [0.29, 0.717) is 42.0 Å². The maximum atomic E-state index is 12.2. The van der Waals surface area contributed by atoms with Crippen molar-refractivity contribution in [2.75, 3.05) is 13.1 Å². The number of likely N-dealkylation sites (tertiary alicyclic amines) is 1. The summed E-state index contributed by atoms with van der Waals surface area (Å²) in [5.74, 6) is -0.0278. The third kappa shape index (κ3) is 2.86. The third-order valence-corrected chi connectivity index (χ3v) is 3.38. The third-order valence-electron chi connectivity index (χ3n) is 3.15. The number of aliphatic hydroxyl groups excluding tert-OH is 1. The average Bonchev–Trinajstić information content (AvgIpc) is 2.39. The van der Waals surface area contributed by atoms with Crippen molar-refractivity contribution in [2.24, 2.45) is 5.73 Å². The van der Waals surface area contributed by atoms with Crippen LogP contribution in [0.3, 0.4) is 0 Å². The van der Waals surface area contributed by atoms with Crippen molar-refractivity contribution in [1.29, 1.82) is 0 Å². The molecule has 1 heterocycles. The molecule has 0 aliphatic carbocycles. The van der Waals surface area contributed by atoms with Gasteiger partial charge in [-0.15, -0.1) is 0 Å². The van der Waals surface area contributed by atoms with Gasteiger partial charge in [-0.1, -0.05) is 24.4 Å². The minimum atomic E-state index is -0.281. The van der Waals surface area contributed by atoms with Crippen molar-refractivity contribution in [1.82, 2.24) is 4.90 Å². The lowest BCUT2D eigenvalue weighted by atomic mass is 10.1. The van der Waals surface area contributed by atoms with E-state index < -0.39 is 0 Å². The van der Waals surface area contributed by atoms with Gasteiger partial charge in [0.2, 0.25) is 0 Å². The van der Waals surface area contributed by atoms with Crippen LogP contribution in [0.4, 0.5) is 0 Å². The highest BCUT2D eigenvalue weighted by Crippen LogP contribution is 2.14. The molecule has 1 fully saturated rings. The summed E-state index contributed by atoms with van der Waals surface area (Å²) in [7, 11) is 0. The van der Waals surface area contributed by atoms with Crippen LogP contribution < -0.4 is 5.73 Å². The molecule has 0 spiro atoms. The summed E-state index contributed by atoms with van der Waals surface area (Å²) in [4.78, 5) is 14.3. The van der Waals surface area contributed by atoms with Crippen LogP contribution in [0.2, 0.25) is 0 Å². The Morgan fingerprint density at radius 2 is 1.94 bits per heavy atom. The number of rotatable bonds is 2. The molecule has 0 aromatic heterocycles. The largest absolute Gasteiger partial charge is 0.393 e. The Balaban J connectivity index is 2.13. The summed E-state index contributed by atoms with van der Waals surface area (Å²) in [6.45, 7) is 1.19. The van der Waals surface area contributed by atoms with Gasteiger partial charge in [-0.25, -0.2) is 0 Å². The molecule has 0 unspecified atom stereocenters. The second-order valence-corrected chi connectivity index (χ2v) is 4.91. The predicted octanol–water partition coefficient (Wildman–Crippen LogP) is 0.918. The Labute approximate surface area is 111 Å². The molecule has 1 saturated heterocycles. The number of aliphatic hydroxyl groups is 1. The highest BCUT2D eigenvalue weighted by Gasteiger charge is 2.22. The van der Waals surface area contributed by atoms with E-state index in [4.69, 9.17) is 18.0 Å². The van der Waals surface area contributed by atoms with Crippen LogP contribution in [0, 0.1) is 0 Å². The molecule has 0 bridgehead atoms. The Morgan fingerprint density at radius 3 is 2.56 bits per heavy atom. The second kappa shape index (κ2) is 5.46. The number of benzene rings is 1. The lowest BCUT2D eigenvalue weighted by molar-refractivity contribution is 0.0546. The van der Waals surface area contributed by atoms with Crippen LogP contribution in [-0.4, -0.2) is 40.1 Å². The van der Waals surface area contributed by atoms with Crippen LogP contribution in [0.5, 0.6) is 0 Å². The van der Waals surface area contributed by atoms with Crippen molar-refractivity contribution < 1.29 is 9.90 Å². The molecular formula is C13H16N2O2S. The summed E-state index contributed by atoms with van der Waals surface area (Å²) < 4.78 is 0. The zero-order valence-corrected chi connectivity index (χ0v) is 10.8. The van der Waals surface area contributed by atoms with Gasteiger partial charge < -0.3 is 15.7 Å². The van der Waals surface area contributed by atoms with Gasteiger partial charge in [0.15, 0.2) is 0 Å². The van der Waals surface area contributed by atoms with Gasteiger partial charge in [-0.3, -0.25) is 4.79 Å². The first-order chi connectivity index (χ1) is 8.58. The van der Waals surface area contributed by atoms with Gasteiger partial charge in [0.05, 0.1) is 6.10 Å². The van der Waals surface area contributed by atoms with E-state index >= 15 is 0 Å². The quantitative estimate of drug-likeness (QED) is 0.779. The van der Waals surface area contributed by atoms with Crippen LogP contribution in [-0.2, 0) is 0 Å². The van der Waals surface area contributed by atoms with Crippen LogP contribution >= 0.6 is 12.2 Å². The SMILES string of the molecule is NC(=S)c1cccc(C(=O)N2CCC(O)CC2)c1. The topological polar surface area (TPSA) is 66.6 Å². The summed E-state index contributed by atoms with van der Waals surface area (Å²) in [6, 6.07) is 7.05. The number of hydrogen-bond donors (Lipinski definition) is 2. The lowest BCUT2D eigenvalue weighted by Gasteiger charge is -2.29. The molecule has 1 aromatic carbocycles. The Hall–Kier alpha value is -1.46. The molecule has 3 N–H and O–H groups in total. The van der Waals surface area contributed by atoms with E-state index in [-0.39, 0.29) is 12.0 Å². The Morgan fingerprint density at radius 1 is 1.33 bits per heavy atom. The number of hydrogen-bond acceptors (Lipinski definition) is 3. The van der Waals surface area contributed by atoms with Gasteiger partial charge in [-0.05, 0) is 25.0 Å². The van der Waals surface area contributed by atoms with Crippen LogP contribution in [0.25, 0.3) is 0 Å². The number of carbonyl (C=O) groups is 1. The molecule has 1 aliphatic rings. The smallest absolute Gasteiger partial charge is 0.253 e. The maximum absolute atomic E-state index is 12.2. The van der Waals surface area contributed by atoms with Crippen molar-refractivity contribution in [3.8, 4) is 0 Å². The fourth-order valence-corrected chi connectivity index (χ4v) is 2.18. The summed E-state index contributed by atoms with van der Waals surface area (Å²) in [5, 5.41) is 9.42. The summed E-state index contributed by atoms with van der Waals surface area (Å²) in [6.07, 6.45) is 0.999. The lowest BCUT2D eigenvalue weighted by Crippen LogP contribution is -2.40. The zero-order valence-electron chi connectivity index (χ0n) is 10.0. The van der Waals surface area contributed by atoms with Crippen LogP contribution in [0.1, 0.15) is 28.8 Å². The molecule has 1 aromatic rings. The summed E-state index contributed by atoms with van der Waals surface area (Å²) in [5.41, 5.74) is 6.85. The normalized spacial score (nSPS) is 16.6. The Kier molecular flexibility index (Phi) is 3.93. The zero-order chi connectivity index (χ0) is 13.1. The van der Waals surface area contributed by atoms with E-state index in [1.165, 1.54) is 0 Å². The molecular weight excluding hydrogens is 248 g/mol. The van der Waals surface area contributed by atoms with Crippen molar-refractivity contribution >= 4 is 23.1 Å². The number of piperidine rings is 1. The molecule has 0 atom stereocenters. The van der Waals surface area contributed by atoms with E-state index in [2.05, 4.69) is 0 Å². The van der Waals surface area contributed by atoms with Gasteiger partial charge in [-0.2, -0.15) is 0 Å². The number of carbonyl (C=O) groups excluding carboxylic acids is 1. The molecule has 4 nitrogen and oxygen atoms in total. The molecule has 5 heteroatoms. The molecule has 0 saturated carbocycles. The van der Waals surface area contributed by atoms with Crippen molar-refractivity contribution in [3.63, 3.8) is 0 Å². The van der Waals surface area contributed by atoms with Gasteiger partial charge >= 0.3 is 0 Å². The first-order valence-corrected chi connectivity index (χ1v) is 6.36. The molecule has 96 valence electrons. The van der Waals surface area contributed by atoms with Crippen LogP contribution in [0.15, 0.2) is 24.3 Å². The minimum Gasteiger partial charge on any atom is -0.393 e. The minimum absolute atomic E-state index is 0.0278. The fourth-order valence-electron chi connectivity index (χ4n) is 2.06. The number of nitrogens with zero attached hydrogens (tertiary/aromatic N) is 1. The first-order valence-electron chi connectivity index (χ1n) is 5.95. The van der Waals surface area contributed by atoms with Gasteiger partial charge in [0, 0.05) is 24.2 Å². The Bertz CT molecular complexity index is 468. The van der Waals surface area contributed by atoms with Crippen molar-refractivity contribution in [3.05, 3.63) is 35.4 Å². The van der Waals surface area contributed by atoms with Gasteiger partial charge in [0.1, 0.15) is 4.99 Å². The number of nitrogens with two attached hydrogens (primary N) is 1. The van der Waals surface area contributed by atoms with E-state index in [1.54, 1.807) is 29.2 Å². The molecule has 18 heavy (non-hydrogen) atoms. The van der Waals surface area contributed by atoms with Gasteiger partial charge in [0.25, 0.3) is 5.91 Å². The molecule has 0 radical (unpaired) electrons. The highest BCUT2D eigenvalue weighted by atomic mass is 32.1. The second-order valence-electron chi connectivity index (χ2n) is 4.47. The molecule has 2 rings (SSSR count). The van der Waals surface area contributed by atoms with E-state index in [0.717, 1.165) is 0 Å². The number of amides is 1. The highest BCUT2D eigenvalue weighted by molar-refractivity contribution is 7.80. The van der Waals surface area contributed by atoms with E-state index in [1.807, 2.05) is 0 Å². The monoisotopic (exact) mass is 264 g/mol. The molecule has 1 aliphatic heterocycles. The molecule has 1 amide bonds. The average molecular weight is 264 g/mol. The standard InChI is InChI=1S/C13H16N2O2S/c14-12(18)9-2-1-3-10(8-9)13(17)15-6-4-11(16)5-7-15/h1-3,8,11,16H,4-7H2,(H2,14,18). The fraction of sp³-hybridized carbons (Fsp3) is 0.385.